The molecule has 1 rings (SSSR count). The van der Waals surface area contributed by atoms with E-state index in [2.05, 4.69) is 20.9 Å². The smallest absolute Gasteiger partial charge is 0.164 e. The summed E-state index contributed by atoms with van der Waals surface area (Å²) in [5, 5.41) is 19.9. The first-order valence-electron chi connectivity index (χ1n) is 4.36. The molecule has 0 bridgehead atoms. The zero-order valence-corrected chi connectivity index (χ0v) is 8.28. The van der Waals surface area contributed by atoms with Gasteiger partial charge in [0.15, 0.2) is 5.82 Å². The van der Waals surface area contributed by atoms with Gasteiger partial charge in [-0.1, -0.05) is 0 Å². The van der Waals surface area contributed by atoms with Crippen molar-refractivity contribution in [1.29, 1.82) is 0 Å². The summed E-state index contributed by atoms with van der Waals surface area (Å²) in [5.41, 5.74) is 3.94. The fourth-order valence-corrected chi connectivity index (χ4v) is 1.13. The van der Waals surface area contributed by atoms with Gasteiger partial charge >= 0.3 is 0 Å². The number of anilines is 2. The third-order valence-corrected chi connectivity index (χ3v) is 1.78. The van der Waals surface area contributed by atoms with Gasteiger partial charge in [0.05, 0.1) is 17.5 Å². The molecule has 0 saturated heterocycles. The van der Waals surface area contributed by atoms with Crippen molar-refractivity contribution in [3.05, 3.63) is 11.8 Å². The molecule has 6 nitrogen and oxygen atoms in total. The van der Waals surface area contributed by atoms with E-state index in [9.17, 15) is 5.11 Å². The largest absolute Gasteiger partial charge is 0.393 e. The fraction of sp³-hybridized carbons (Fsp3) is 0.500. The Labute approximate surface area is 82.5 Å². The van der Waals surface area contributed by atoms with Crippen LogP contribution in [0.15, 0.2) is 6.07 Å². The summed E-state index contributed by atoms with van der Waals surface area (Å²) in [6.07, 6.45) is 0.0293. The van der Waals surface area contributed by atoms with Crippen LogP contribution in [0.1, 0.15) is 12.6 Å². The average molecular weight is 197 g/mol. The quantitative estimate of drug-likeness (QED) is 0.392. The van der Waals surface area contributed by atoms with Crippen LogP contribution in [-0.4, -0.2) is 28.5 Å². The summed E-state index contributed by atoms with van der Waals surface area (Å²) in [6.45, 7) is 1.70. The van der Waals surface area contributed by atoms with E-state index in [1.165, 1.54) is 0 Å². The second-order valence-corrected chi connectivity index (χ2v) is 3.04. The van der Waals surface area contributed by atoms with Gasteiger partial charge in [-0.25, -0.2) is 5.84 Å². The molecule has 1 unspecified atom stereocenters. The highest BCUT2D eigenvalue weighted by Crippen LogP contribution is 2.16. The molecule has 1 atom stereocenters. The van der Waals surface area contributed by atoms with Gasteiger partial charge in [-0.3, -0.25) is 0 Å². The Kier molecular flexibility index (Phi) is 3.61. The molecule has 5 N–H and O–H groups in total. The van der Waals surface area contributed by atoms with Crippen LogP contribution in [0.25, 0.3) is 0 Å². The maximum absolute atomic E-state index is 9.22. The Bertz CT molecular complexity index is 302. The van der Waals surface area contributed by atoms with Crippen molar-refractivity contribution >= 4 is 11.5 Å². The number of aliphatic hydroxyl groups is 1. The maximum atomic E-state index is 9.22. The predicted molar refractivity (Wildman–Crippen MR) is 54.8 cm³/mol. The van der Waals surface area contributed by atoms with Gasteiger partial charge in [0, 0.05) is 19.5 Å². The van der Waals surface area contributed by atoms with Crippen LogP contribution in [0.5, 0.6) is 0 Å². The van der Waals surface area contributed by atoms with Gasteiger partial charge in [-0.05, 0) is 6.92 Å². The van der Waals surface area contributed by atoms with E-state index in [0.29, 0.717) is 12.2 Å². The lowest BCUT2D eigenvalue weighted by Gasteiger charge is -2.10. The Morgan fingerprint density at radius 3 is 2.79 bits per heavy atom. The Balaban J connectivity index is 2.93. The lowest BCUT2D eigenvalue weighted by molar-refractivity contribution is 0.194. The zero-order chi connectivity index (χ0) is 10.6. The van der Waals surface area contributed by atoms with Crippen molar-refractivity contribution in [3.8, 4) is 0 Å². The number of nitrogens with two attached hydrogens (primary N) is 1. The predicted octanol–water partition coefficient (Wildman–Crippen LogP) is -0.273. The molecule has 0 aliphatic heterocycles. The van der Waals surface area contributed by atoms with Crippen LogP contribution < -0.4 is 16.6 Å². The number of nitrogens with one attached hydrogen (secondary N) is 2. The van der Waals surface area contributed by atoms with Crippen molar-refractivity contribution in [3.63, 3.8) is 0 Å². The molecule has 6 heteroatoms. The third kappa shape index (κ3) is 2.54. The topological polar surface area (TPSA) is 96.1 Å². The molecule has 0 spiro atoms. The minimum Gasteiger partial charge on any atom is -0.393 e. The van der Waals surface area contributed by atoms with Crippen molar-refractivity contribution in [1.82, 2.24) is 10.2 Å². The second kappa shape index (κ2) is 4.73. The Hall–Kier alpha value is -1.40. The number of nitrogens with zero attached hydrogens (tertiary/aromatic N) is 2. The highest BCUT2D eigenvalue weighted by molar-refractivity contribution is 5.54. The van der Waals surface area contributed by atoms with E-state index < -0.39 is 6.10 Å². The first-order valence-corrected chi connectivity index (χ1v) is 4.36. The molecule has 0 aliphatic carbocycles. The van der Waals surface area contributed by atoms with Gasteiger partial charge < -0.3 is 15.8 Å². The molecule has 1 aromatic heterocycles. The SMILES string of the molecule is CNc1cc(NN)nnc1CC(C)O. The second-order valence-electron chi connectivity index (χ2n) is 3.04. The molecular weight excluding hydrogens is 182 g/mol. The molecule has 14 heavy (non-hydrogen) atoms. The number of aromatic nitrogens is 2. The van der Waals surface area contributed by atoms with Gasteiger partial charge in [0.25, 0.3) is 0 Å². The van der Waals surface area contributed by atoms with Crippen LogP contribution in [0, 0.1) is 0 Å². The third-order valence-electron chi connectivity index (χ3n) is 1.78. The highest BCUT2D eigenvalue weighted by Gasteiger charge is 2.08. The minimum absolute atomic E-state index is 0.437. The van der Waals surface area contributed by atoms with Gasteiger partial charge in [0.2, 0.25) is 0 Å². The fourth-order valence-electron chi connectivity index (χ4n) is 1.13. The summed E-state index contributed by atoms with van der Waals surface area (Å²) < 4.78 is 0. The number of aliphatic hydroxyl groups excluding tert-OH is 1. The first-order chi connectivity index (χ1) is 6.67. The minimum atomic E-state index is -0.437. The molecule has 0 fully saturated rings. The first kappa shape index (κ1) is 10.7. The summed E-state index contributed by atoms with van der Waals surface area (Å²) in [4.78, 5) is 0. The van der Waals surface area contributed by atoms with Crippen LogP contribution >= 0.6 is 0 Å². The van der Waals surface area contributed by atoms with Crippen molar-refractivity contribution in [2.24, 2.45) is 5.84 Å². The average Bonchev–Trinajstić information content (AvgIpc) is 2.17. The molecule has 0 amide bonds. The maximum Gasteiger partial charge on any atom is 0.164 e. The van der Waals surface area contributed by atoms with Crippen LogP contribution in [0.3, 0.4) is 0 Å². The molecule has 0 aliphatic rings. The highest BCUT2D eigenvalue weighted by atomic mass is 16.3. The van der Waals surface area contributed by atoms with Gasteiger partial charge in [0.1, 0.15) is 0 Å². The lowest BCUT2D eigenvalue weighted by atomic mass is 10.2. The Morgan fingerprint density at radius 2 is 2.29 bits per heavy atom. The van der Waals surface area contributed by atoms with Crippen LogP contribution in [0.2, 0.25) is 0 Å². The van der Waals surface area contributed by atoms with E-state index in [1.54, 1.807) is 20.0 Å². The normalized spacial score (nSPS) is 12.3. The van der Waals surface area contributed by atoms with Crippen molar-refractivity contribution in [2.75, 3.05) is 17.8 Å². The number of nitrogen functional groups attached to an aromatic ring is 1. The van der Waals surface area contributed by atoms with Crippen molar-refractivity contribution < 1.29 is 5.11 Å². The molecule has 1 heterocycles. The summed E-state index contributed by atoms with van der Waals surface area (Å²) >= 11 is 0. The van der Waals surface area contributed by atoms with Gasteiger partial charge in [-0.15, -0.1) is 5.10 Å². The van der Waals surface area contributed by atoms with E-state index >= 15 is 0 Å². The number of hydrogen-bond acceptors (Lipinski definition) is 6. The Morgan fingerprint density at radius 1 is 1.57 bits per heavy atom. The molecule has 0 aromatic carbocycles. The molecule has 1 aromatic rings. The number of hydrazine groups is 1. The van der Waals surface area contributed by atoms with Crippen LogP contribution in [-0.2, 0) is 6.42 Å². The van der Waals surface area contributed by atoms with E-state index in [1.807, 2.05) is 0 Å². The number of rotatable bonds is 4. The summed E-state index contributed by atoms with van der Waals surface area (Å²) in [7, 11) is 1.78. The molecular formula is C8H15N5O. The standard InChI is InChI=1S/C8H15N5O/c1-5(14)3-7-6(10-2)4-8(11-9)13-12-7/h4-5,14H,3,9H2,1-2H3,(H2,10,11,13). The number of hydrogen-bond donors (Lipinski definition) is 4. The summed E-state index contributed by atoms with van der Waals surface area (Å²) in [5.74, 6) is 5.68. The molecule has 0 radical (unpaired) electrons. The molecule has 0 saturated carbocycles. The zero-order valence-electron chi connectivity index (χ0n) is 8.28. The van der Waals surface area contributed by atoms with E-state index in [4.69, 9.17) is 5.84 Å². The van der Waals surface area contributed by atoms with E-state index in [0.717, 1.165) is 11.4 Å². The van der Waals surface area contributed by atoms with Crippen LogP contribution in [0.4, 0.5) is 11.5 Å². The van der Waals surface area contributed by atoms with Crippen molar-refractivity contribution in [2.45, 2.75) is 19.4 Å². The monoisotopic (exact) mass is 197 g/mol. The van der Waals surface area contributed by atoms with Gasteiger partial charge in [-0.2, -0.15) is 5.10 Å². The lowest BCUT2D eigenvalue weighted by Crippen LogP contribution is -2.13. The summed E-state index contributed by atoms with van der Waals surface area (Å²) in [6, 6.07) is 1.74. The molecule has 78 valence electrons. The van der Waals surface area contributed by atoms with E-state index in [-0.39, 0.29) is 0 Å².